The van der Waals surface area contributed by atoms with E-state index in [0.29, 0.717) is 6.61 Å². The van der Waals surface area contributed by atoms with Crippen molar-refractivity contribution in [3.05, 3.63) is 17.0 Å². The minimum Gasteiger partial charge on any atom is -0.378 e. The lowest BCUT2D eigenvalue weighted by atomic mass is 10.2. The first-order chi connectivity index (χ1) is 6.16. The molecule has 0 saturated heterocycles. The molecule has 1 heterocycles. The molecule has 0 unspecified atom stereocenters. The third kappa shape index (κ3) is 2.84. The second-order valence-electron chi connectivity index (χ2n) is 2.71. The van der Waals surface area contributed by atoms with Gasteiger partial charge in [0.15, 0.2) is 0 Å². The predicted octanol–water partition coefficient (Wildman–Crippen LogP) is 2.21. The van der Waals surface area contributed by atoms with Gasteiger partial charge in [-0.05, 0) is 19.4 Å². The van der Waals surface area contributed by atoms with Gasteiger partial charge in [0, 0.05) is 19.9 Å². The van der Waals surface area contributed by atoms with Crippen molar-refractivity contribution in [3.63, 3.8) is 0 Å². The molecule has 0 N–H and O–H groups in total. The van der Waals surface area contributed by atoms with Crippen LogP contribution in [-0.2, 0) is 18.4 Å². The van der Waals surface area contributed by atoms with Gasteiger partial charge < -0.3 is 4.74 Å². The number of rotatable bonds is 2. The molecule has 0 atom stereocenters. The largest absolute Gasteiger partial charge is 0.378 e. The van der Waals surface area contributed by atoms with Gasteiger partial charge in [0.2, 0.25) is 0 Å². The molecule has 0 aliphatic carbocycles. The van der Waals surface area contributed by atoms with Crippen LogP contribution in [0, 0.1) is 13.8 Å². The summed E-state index contributed by atoms with van der Waals surface area (Å²) in [5, 5.41) is 4.29. The van der Waals surface area contributed by atoms with Crippen molar-refractivity contribution in [2.24, 2.45) is 7.05 Å². The molecule has 0 aliphatic heterocycles. The molecule has 0 saturated carbocycles. The Morgan fingerprint density at radius 2 is 1.85 bits per heavy atom. The Hall–Kier alpha value is -0.830. The highest BCUT2D eigenvalue weighted by molar-refractivity contribution is 5.22. The number of methoxy groups -OCH3 is 1. The number of ether oxygens (including phenoxy) is 1. The molecular formula is C10H20N2O. The van der Waals surface area contributed by atoms with Gasteiger partial charge in [0.05, 0.1) is 12.3 Å². The Balaban J connectivity index is 0.000000671. The SMILES string of the molecule is CC.COCc1nn(C)c(C)c1C. The molecule has 0 aromatic carbocycles. The average molecular weight is 184 g/mol. The lowest BCUT2D eigenvalue weighted by Gasteiger charge is -1.93. The minimum atomic E-state index is 0.605. The number of hydrogen-bond acceptors (Lipinski definition) is 2. The first-order valence-corrected chi connectivity index (χ1v) is 4.64. The van der Waals surface area contributed by atoms with Gasteiger partial charge in [-0.15, -0.1) is 0 Å². The van der Waals surface area contributed by atoms with Crippen LogP contribution >= 0.6 is 0 Å². The molecule has 0 spiro atoms. The zero-order chi connectivity index (χ0) is 10.4. The van der Waals surface area contributed by atoms with Crippen LogP contribution < -0.4 is 0 Å². The molecule has 0 amide bonds. The smallest absolute Gasteiger partial charge is 0.0913 e. The van der Waals surface area contributed by atoms with Crippen molar-refractivity contribution >= 4 is 0 Å². The Bertz CT molecular complexity index is 254. The molecule has 3 nitrogen and oxygen atoms in total. The van der Waals surface area contributed by atoms with Gasteiger partial charge in [-0.25, -0.2) is 0 Å². The topological polar surface area (TPSA) is 27.1 Å². The second kappa shape index (κ2) is 5.75. The summed E-state index contributed by atoms with van der Waals surface area (Å²) in [4.78, 5) is 0. The number of hydrogen-bond donors (Lipinski definition) is 0. The van der Waals surface area contributed by atoms with Crippen LogP contribution in [0.4, 0.5) is 0 Å². The maximum absolute atomic E-state index is 5.00. The lowest BCUT2D eigenvalue weighted by Crippen LogP contribution is -1.94. The standard InChI is InChI=1S/C8H14N2O.C2H6/c1-6-7(2)10(3)9-8(6)5-11-4;1-2/h5H2,1-4H3;1-2H3. The molecule has 0 bridgehead atoms. The van der Waals surface area contributed by atoms with E-state index in [9.17, 15) is 0 Å². The van der Waals surface area contributed by atoms with E-state index in [1.165, 1.54) is 11.3 Å². The maximum Gasteiger partial charge on any atom is 0.0913 e. The maximum atomic E-state index is 5.00. The first kappa shape index (κ1) is 12.2. The fourth-order valence-electron chi connectivity index (χ4n) is 1.06. The van der Waals surface area contributed by atoms with Crippen molar-refractivity contribution in [1.82, 2.24) is 9.78 Å². The van der Waals surface area contributed by atoms with Gasteiger partial charge in [0.25, 0.3) is 0 Å². The van der Waals surface area contributed by atoms with Crippen LogP contribution in [0.25, 0.3) is 0 Å². The number of nitrogens with zero attached hydrogens (tertiary/aromatic N) is 2. The van der Waals surface area contributed by atoms with Gasteiger partial charge >= 0.3 is 0 Å². The van der Waals surface area contributed by atoms with Crippen molar-refractivity contribution < 1.29 is 4.74 Å². The summed E-state index contributed by atoms with van der Waals surface area (Å²) in [6.45, 7) is 8.73. The van der Waals surface area contributed by atoms with Crippen LogP contribution in [-0.4, -0.2) is 16.9 Å². The van der Waals surface area contributed by atoms with Crippen LogP contribution in [0.15, 0.2) is 0 Å². The third-order valence-corrected chi connectivity index (χ3v) is 2.01. The summed E-state index contributed by atoms with van der Waals surface area (Å²) in [6.07, 6.45) is 0. The molecule has 0 aliphatic rings. The highest BCUT2D eigenvalue weighted by Gasteiger charge is 2.06. The van der Waals surface area contributed by atoms with Crippen molar-refractivity contribution in [1.29, 1.82) is 0 Å². The molecule has 0 fully saturated rings. The summed E-state index contributed by atoms with van der Waals surface area (Å²) >= 11 is 0. The van der Waals surface area contributed by atoms with E-state index in [4.69, 9.17) is 4.74 Å². The molecule has 1 aromatic heterocycles. The molecule has 0 radical (unpaired) electrons. The highest BCUT2D eigenvalue weighted by Crippen LogP contribution is 2.10. The van der Waals surface area contributed by atoms with Crippen LogP contribution in [0.3, 0.4) is 0 Å². The number of aromatic nitrogens is 2. The monoisotopic (exact) mass is 184 g/mol. The fraction of sp³-hybridized carbons (Fsp3) is 0.700. The van der Waals surface area contributed by atoms with E-state index in [0.717, 1.165) is 5.69 Å². The van der Waals surface area contributed by atoms with Crippen LogP contribution in [0.1, 0.15) is 30.8 Å². The van der Waals surface area contributed by atoms with E-state index < -0.39 is 0 Å². The van der Waals surface area contributed by atoms with Gasteiger partial charge in [-0.1, -0.05) is 13.8 Å². The Morgan fingerprint density at radius 3 is 2.15 bits per heavy atom. The minimum absolute atomic E-state index is 0.605. The first-order valence-electron chi connectivity index (χ1n) is 4.64. The number of aryl methyl sites for hydroxylation is 1. The van der Waals surface area contributed by atoms with E-state index in [2.05, 4.69) is 18.9 Å². The summed E-state index contributed by atoms with van der Waals surface area (Å²) in [6, 6.07) is 0. The van der Waals surface area contributed by atoms with E-state index in [1.807, 2.05) is 25.6 Å². The van der Waals surface area contributed by atoms with Crippen molar-refractivity contribution in [2.75, 3.05) is 7.11 Å². The molecule has 1 rings (SSSR count). The summed E-state index contributed by atoms with van der Waals surface area (Å²) in [5.41, 5.74) is 3.47. The molecule has 3 heteroatoms. The van der Waals surface area contributed by atoms with Gasteiger partial charge in [-0.2, -0.15) is 5.10 Å². The van der Waals surface area contributed by atoms with E-state index in [-0.39, 0.29) is 0 Å². The van der Waals surface area contributed by atoms with E-state index in [1.54, 1.807) is 7.11 Å². The Labute approximate surface area is 80.7 Å². The third-order valence-electron chi connectivity index (χ3n) is 2.01. The Morgan fingerprint density at radius 1 is 1.31 bits per heavy atom. The normalized spacial score (nSPS) is 9.38. The fourth-order valence-corrected chi connectivity index (χ4v) is 1.06. The highest BCUT2D eigenvalue weighted by atomic mass is 16.5. The predicted molar refractivity (Wildman–Crippen MR) is 54.7 cm³/mol. The quantitative estimate of drug-likeness (QED) is 0.704. The lowest BCUT2D eigenvalue weighted by molar-refractivity contribution is 0.180. The van der Waals surface area contributed by atoms with Crippen LogP contribution in [0.2, 0.25) is 0 Å². The molecule has 13 heavy (non-hydrogen) atoms. The molecule has 1 aromatic rings. The summed E-state index contributed by atoms with van der Waals surface area (Å²) in [5.74, 6) is 0. The Kier molecular flexibility index (Phi) is 5.39. The average Bonchev–Trinajstić information content (AvgIpc) is 2.38. The molecular weight excluding hydrogens is 164 g/mol. The summed E-state index contributed by atoms with van der Waals surface area (Å²) in [7, 11) is 3.63. The second-order valence-corrected chi connectivity index (χ2v) is 2.71. The van der Waals surface area contributed by atoms with Crippen LogP contribution in [0.5, 0.6) is 0 Å². The van der Waals surface area contributed by atoms with Gasteiger partial charge in [-0.3, -0.25) is 4.68 Å². The molecule has 76 valence electrons. The van der Waals surface area contributed by atoms with Crippen molar-refractivity contribution in [3.8, 4) is 0 Å². The zero-order valence-electron chi connectivity index (χ0n) is 9.51. The van der Waals surface area contributed by atoms with E-state index >= 15 is 0 Å². The zero-order valence-corrected chi connectivity index (χ0v) is 9.51. The van der Waals surface area contributed by atoms with Gasteiger partial charge in [0.1, 0.15) is 0 Å². The summed E-state index contributed by atoms with van der Waals surface area (Å²) < 4.78 is 6.88. The van der Waals surface area contributed by atoms with Crippen molar-refractivity contribution in [2.45, 2.75) is 34.3 Å².